The van der Waals surface area contributed by atoms with Crippen LogP contribution in [0.15, 0.2) is 46.4 Å². The first kappa shape index (κ1) is 24.3. The maximum absolute atomic E-state index is 11.6. The van der Waals surface area contributed by atoms with Gasteiger partial charge in [-0.3, -0.25) is 14.8 Å². The van der Waals surface area contributed by atoms with Crippen LogP contribution in [0, 0.1) is 0 Å². The van der Waals surface area contributed by atoms with Crippen molar-refractivity contribution in [2.45, 2.75) is 19.0 Å². The van der Waals surface area contributed by atoms with Crippen molar-refractivity contribution in [3.8, 4) is 11.5 Å². The van der Waals surface area contributed by atoms with Crippen molar-refractivity contribution in [2.75, 3.05) is 18.3 Å². The summed E-state index contributed by atoms with van der Waals surface area (Å²) in [6.07, 6.45) is 0. The van der Waals surface area contributed by atoms with Crippen LogP contribution < -0.4 is 9.47 Å². The summed E-state index contributed by atoms with van der Waals surface area (Å²) in [7, 11) is 0. The van der Waals surface area contributed by atoms with E-state index in [0.29, 0.717) is 33.1 Å². The van der Waals surface area contributed by atoms with E-state index >= 15 is 0 Å². The van der Waals surface area contributed by atoms with Crippen LogP contribution in [0.2, 0.25) is 0 Å². The molecule has 0 amide bonds. The Balaban J connectivity index is 1.11. The molecule has 2 aliphatic rings. The van der Waals surface area contributed by atoms with Crippen LogP contribution in [0.1, 0.15) is 16.9 Å². The topological polar surface area (TPSA) is 123 Å². The number of hydrogen-bond donors (Lipinski definition) is 1. The third-order valence-electron chi connectivity index (χ3n) is 5.59. The molecular weight excluding hydrogens is 553 g/mol. The molecule has 0 saturated carbocycles. The van der Waals surface area contributed by atoms with E-state index in [0.717, 1.165) is 30.5 Å². The number of aromatic nitrogens is 2. The summed E-state index contributed by atoms with van der Waals surface area (Å²) in [5.41, 5.74) is 1.66. The first-order chi connectivity index (χ1) is 17.9. The third-order valence-corrected chi connectivity index (χ3v) is 10.0. The Morgan fingerprint density at radius 2 is 1.38 bits per heavy atom. The molecule has 2 aromatic heterocycles. The zero-order valence-corrected chi connectivity index (χ0v) is 22.5. The molecule has 1 N–H and O–H groups in total. The van der Waals surface area contributed by atoms with Gasteiger partial charge in [0.1, 0.15) is 37.6 Å². The molecule has 9 nitrogen and oxygen atoms in total. The van der Waals surface area contributed by atoms with Crippen LogP contribution in [0.25, 0.3) is 20.4 Å². The van der Waals surface area contributed by atoms with Gasteiger partial charge in [-0.25, -0.2) is 14.8 Å². The number of carbonyl (C=O) groups is 2. The fraction of sp³-hybridized carbons (Fsp3) is 0.250. The summed E-state index contributed by atoms with van der Waals surface area (Å²) in [5, 5.41) is 12.2. The number of carboxylic acid groups (broad SMARTS) is 1. The average molecular weight is 571 g/mol. The third kappa shape index (κ3) is 5.08. The number of aliphatic imine (C=N–C) groups is 2. The van der Waals surface area contributed by atoms with Gasteiger partial charge in [-0.15, -0.1) is 46.2 Å². The van der Waals surface area contributed by atoms with Crippen LogP contribution in [-0.2, 0) is 9.59 Å². The largest absolute Gasteiger partial charge is 0.480 e. The minimum atomic E-state index is -0.917. The molecule has 0 aliphatic carbocycles. The molecule has 4 heterocycles. The fourth-order valence-corrected chi connectivity index (χ4v) is 7.93. The minimum absolute atomic E-state index is 0.0278. The van der Waals surface area contributed by atoms with Crippen molar-refractivity contribution in [3.63, 3.8) is 0 Å². The smallest absolute Gasteiger partial charge is 0.329 e. The van der Waals surface area contributed by atoms with Crippen molar-refractivity contribution in [2.24, 2.45) is 9.98 Å². The van der Waals surface area contributed by atoms with Crippen LogP contribution in [0.5, 0.6) is 11.5 Å². The molecule has 2 unspecified atom stereocenters. The number of aliphatic carboxylic acids is 1. The Morgan fingerprint density at radius 1 is 0.865 bits per heavy atom. The Bertz CT molecular complexity index is 1490. The Morgan fingerprint density at radius 3 is 1.84 bits per heavy atom. The lowest BCUT2D eigenvalue weighted by Gasteiger charge is -2.08. The van der Waals surface area contributed by atoms with E-state index in [1.54, 1.807) is 18.7 Å². The van der Waals surface area contributed by atoms with Crippen LogP contribution in [0.4, 0.5) is 0 Å². The van der Waals surface area contributed by atoms with Crippen LogP contribution >= 0.6 is 46.2 Å². The zero-order valence-electron chi connectivity index (χ0n) is 19.2. The van der Waals surface area contributed by atoms with Gasteiger partial charge < -0.3 is 14.6 Å². The summed E-state index contributed by atoms with van der Waals surface area (Å²) in [6, 6.07) is 10.3. The van der Waals surface area contributed by atoms with E-state index in [4.69, 9.17) is 14.6 Å². The lowest BCUT2D eigenvalue weighted by Crippen LogP contribution is -2.17. The van der Waals surface area contributed by atoms with E-state index in [9.17, 15) is 9.59 Å². The van der Waals surface area contributed by atoms with Gasteiger partial charge in [0.25, 0.3) is 0 Å². The summed E-state index contributed by atoms with van der Waals surface area (Å²) < 4.78 is 13.5. The van der Waals surface area contributed by atoms with Crippen molar-refractivity contribution >= 4 is 88.5 Å². The van der Waals surface area contributed by atoms with Gasteiger partial charge in [-0.1, -0.05) is 0 Å². The number of Topliss-reactive ketones (excluding diaryl/α,β-unsaturated/α-hetero) is 1. The van der Waals surface area contributed by atoms with E-state index in [1.165, 1.54) is 34.4 Å². The molecule has 4 aromatic rings. The van der Waals surface area contributed by atoms with Gasteiger partial charge in [0.15, 0.2) is 11.8 Å². The van der Waals surface area contributed by atoms with Crippen LogP contribution in [-0.4, -0.2) is 67.3 Å². The number of hydrogen-bond acceptors (Lipinski definition) is 12. The van der Waals surface area contributed by atoms with Gasteiger partial charge in [0.05, 0.1) is 20.4 Å². The summed E-state index contributed by atoms with van der Waals surface area (Å²) in [4.78, 5) is 40.8. The zero-order chi connectivity index (χ0) is 25.5. The quantitative estimate of drug-likeness (QED) is 0.300. The highest BCUT2D eigenvalue weighted by molar-refractivity contribution is 8.15. The molecule has 2 aromatic carbocycles. The molecule has 0 bridgehead atoms. The van der Waals surface area contributed by atoms with Crippen molar-refractivity contribution in [1.82, 2.24) is 9.97 Å². The van der Waals surface area contributed by atoms with Crippen LogP contribution in [0.3, 0.4) is 0 Å². The van der Waals surface area contributed by atoms with Crippen molar-refractivity contribution in [1.29, 1.82) is 0 Å². The van der Waals surface area contributed by atoms with E-state index < -0.39 is 12.0 Å². The van der Waals surface area contributed by atoms with E-state index in [1.807, 2.05) is 36.4 Å². The van der Waals surface area contributed by atoms with E-state index in [2.05, 4.69) is 20.0 Å². The molecule has 0 saturated heterocycles. The first-order valence-electron chi connectivity index (χ1n) is 11.1. The van der Waals surface area contributed by atoms with E-state index in [-0.39, 0.29) is 18.6 Å². The number of thiazole rings is 2. The molecule has 0 fully saturated rings. The number of thioether (sulfide) groups is 2. The number of benzene rings is 2. The number of nitrogens with zero attached hydrogens (tertiary/aromatic N) is 4. The number of rotatable bonds is 8. The Hall–Kier alpha value is -3.00. The average Bonchev–Trinajstić information content (AvgIpc) is 3.67. The molecule has 0 radical (unpaired) electrons. The second-order valence-electron chi connectivity index (χ2n) is 8.17. The monoisotopic (exact) mass is 570 g/mol. The molecule has 2 atom stereocenters. The maximum atomic E-state index is 11.6. The highest BCUT2D eigenvalue weighted by Crippen LogP contribution is 2.33. The van der Waals surface area contributed by atoms with Gasteiger partial charge in [0.2, 0.25) is 6.79 Å². The summed E-state index contributed by atoms with van der Waals surface area (Å²) in [6.45, 7) is 1.59. The maximum Gasteiger partial charge on any atom is 0.329 e. The highest BCUT2D eigenvalue weighted by Gasteiger charge is 2.27. The SMILES string of the molecule is CC(=O)C1CSC(c2nc3ccc(OCOc4ccc5nc(C6=NC(C(=O)O)CS6)sc5c4)cc3s2)=N1. The first-order valence-corrected chi connectivity index (χ1v) is 14.8. The fourth-order valence-electron chi connectivity index (χ4n) is 3.65. The number of carboxylic acids is 1. The number of ketones is 1. The molecule has 6 rings (SSSR count). The highest BCUT2D eigenvalue weighted by atomic mass is 32.2. The number of carbonyl (C=O) groups excluding carboxylic acids is 1. The second kappa shape index (κ2) is 10.0. The lowest BCUT2D eigenvalue weighted by atomic mass is 10.2. The Labute approximate surface area is 227 Å². The van der Waals surface area contributed by atoms with Gasteiger partial charge in [-0.05, 0) is 43.3 Å². The minimum Gasteiger partial charge on any atom is -0.480 e. The summed E-state index contributed by atoms with van der Waals surface area (Å²) >= 11 is 5.96. The molecule has 13 heteroatoms. The predicted octanol–water partition coefficient (Wildman–Crippen LogP) is 4.72. The molecule has 188 valence electrons. The molecule has 0 spiro atoms. The standard InChI is InChI=1S/C24H18N4O5S4/c1-11(29)16-8-34-20(27-16)22-25-14-4-2-12(6-18(14)36-22)32-10-33-13-3-5-15-19(7-13)37-23(26-15)21-28-17(9-35-21)24(30)31/h2-7,16-17H,8-10H2,1H3,(H,30,31). The van der Waals surface area contributed by atoms with Gasteiger partial charge in [0, 0.05) is 11.5 Å². The lowest BCUT2D eigenvalue weighted by molar-refractivity contribution is -0.137. The molecule has 37 heavy (non-hydrogen) atoms. The molecular formula is C24H18N4O5S4. The Kier molecular flexibility index (Phi) is 6.61. The normalized spacial score (nSPS) is 19.3. The number of ether oxygens (including phenoxy) is 2. The molecule has 2 aliphatic heterocycles. The van der Waals surface area contributed by atoms with Gasteiger partial charge in [-0.2, -0.15) is 0 Å². The number of fused-ring (bicyclic) bond motifs is 2. The van der Waals surface area contributed by atoms with Crippen molar-refractivity contribution < 1.29 is 24.2 Å². The predicted molar refractivity (Wildman–Crippen MR) is 149 cm³/mol. The van der Waals surface area contributed by atoms with Crippen molar-refractivity contribution in [3.05, 3.63) is 46.4 Å². The summed E-state index contributed by atoms with van der Waals surface area (Å²) in [5.74, 6) is 1.55. The van der Waals surface area contributed by atoms with Gasteiger partial charge >= 0.3 is 5.97 Å². The second-order valence-corrected chi connectivity index (χ2v) is 12.3.